The van der Waals surface area contributed by atoms with Crippen molar-refractivity contribution in [3.63, 3.8) is 0 Å². The normalized spacial score (nSPS) is 11.6. The molecule has 0 aromatic rings. The summed E-state index contributed by atoms with van der Waals surface area (Å²) in [5.74, 6) is -1.28. The second kappa shape index (κ2) is 8.58. The Kier molecular flexibility index (Phi) is 7.79. The number of hydrogen-bond donors (Lipinski definition) is 3. The minimum absolute atomic E-state index is 0.00156. The molecule has 98 valence electrons. The Morgan fingerprint density at radius 2 is 2.18 bits per heavy atom. The highest BCUT2D eigenvalue weighted by Crippen LogP contribution is 1.95. The molecule has 6 heteroatoms. The molecule has 17 heavy (non-hydrogen) atoms. The van der Waals surface area contributed by atoms with E-state index in [1.165, 1.54) is 4.90 Å². The molecule has 0 aromatic heterocycles. The number of aliphatic carboxylic acids is 1. The Balaban J connectivity index is 3.70. The van der Waals surface area contributed by atoms with Gasteiger partial charge in [-0.1, -0.05) is 6.08 Å². The molecule has 0 aliphatic rings. The minimum Gasteiger partial charge on any atom is -0.479 e. The van der Waals surface area contributed by atoms with Crippen molar-refractivity contribution < 1.29 is 19.8 Å². The Bertz CT molecular complexity index is 268. The van der Waals surface area contributed by atoms with Gasteiger partial charge < -0.3 is 20.4 Å². The van der Waals surface area contributed by atoms with Crippen molar-refractivity contribution in [1.29, 1.82) is 0 Å². The molecule has 0 saturated heterocycles. The summed E-state index contributed by atoms with van der Waals surface area (Å²) in [5, 5.41) is 19.9. The van der Waals surface area contributed by atoms with Crippen LogP contribution in [0.5, 0.6) is 0 Å². The Morgan fingerprint density at radius 1 is 1.53 bits per heavy atom. The van der Waals surface area contributed by atoms with Gasteiger partial charge in [0.1, 0.15) is 0 Å². The standard InChI is InChI=1S/C11H20N2O4/c1-3-4-5-8-13(2)11(17)12-7-6-9(14)10(15)16/h3,9,14H,1,4-8H2,2H3,(H,12,17)(H,15,16). The summed E-state index contributed by atoms with van der Waals surface area (Å²) in [6, 6.07) is -0.272. The van der Waals surface area contributed by atoms with E-state index in [1.54, 1.807) is 13.1 Å². The van der Waals surface area contributed by atoms with Gasteiger partial charge in [0, 0.05) is 26.6 Å². The molecular formula is C11H20N2O4. The summed E-state index contributed by atoms with van der Waals surface area (Å²) in [4.78, 5) is 23.3. The molecule has 0 aromatic carbocycles. The third kappa shape index (κ3) is 7.35. The van der Waals surface area contributed by atoms with E-state index in [0.29, 0.717) is 6.54 Å². The van der Waals surface area contributed by atoms with E-state index in [1.807, 2.05) is 0 Å². The maximum Gasteiger partial charge on any atom is 0.332 e. The lowest BCUT2D eigenvalue weighted by molar-refractivity contribution is -0.146. The molecule has 0 radical (unpaired) electrons. The van der Waals surface area contributed by atoms with Crippen LogP contribution in [0, 0.1) is 0 Å². The number of carbonyl (C=O) groups excluding carboxylic acids is 1. The van der Waals surface area contributed by atoms with Crippen LogP contribution in [0.2, 0.25) is 0 Å². The van der Waals surface area contributed by atoms with Crippen molar-refractivity contribution >= 4 is 12.0 Å². The van der Waals surface area contributed by atoms with Crippen molar-refractivity contribution in [2.24, 2.45) is 0 Å². The van der Waals surface area contributed by atoms with Gasteiger partial charge in [-0.3, -0.25) is 0 Å². The number of aliphatic hydroxyl groups is 1. The number of unbranched alkanes of at least 4 members (excludes halogenated alkanes) is 1. The van der Waals surface area contributed by atoms with Crippen LogP contribution in [0.1, 0.15) is 19.3 Å². The van der Waals surface area contributed by atoms with Gasteiger partial charge >= 0.3 is 12.0 Å². The number of nitrogens with one attached hydrogen (secondary N) is 1. The van der Waals surface area contributed by atoms with Gasteiger partial charge in [-0.25, -0.2) is 9.59 Å². The molecule has 6 nitrogen and oxygen atoms in total. The van der Waals surface area contributed by atoms with Crippen molar-refractivity contribution in [3.8, 4) is 0 Å². The monoisotopic (exact) mass is 244 g/mol. The van der Waals surface area contributed by atoms with E-state index in [9.17, 15) is 9.59 Å². The molecule has 1 unspecified atom stereocenters. The molecule has 0 aliphatic heterocycles. The van der Waals surface area contributed by atoms with Crippen LogP contribution in [0.4, 0.5) is 4.79 Å². The van der Waals surface area contributed by atoms with E-state index in [2.05, 4.69) is 11.9 Å². The fourth-order valence-corrected chi connectivity index (χ4v) is 1.15. The van der Waals surface area contributed by atoms with Crippen LogP contribution in [-0.4, -0.2) is 53.4 Å². The van der Waals surface area contributed by atoms with E-state index in [0.717, 1.165) is 12.8 Å². The number of hydrogen-bond acceptors (Lipinski definition) is 3. The van der Waals surface area contributed by atoms with Crippen LogP contribution in [0.15, 0.2) is 12.7 Å². The van der Waals surface area contributed by atoms with Crippen molar-refractivity contribution in [2.75, 3.05) is 20.1 Å². The summed E-state index contributed by atoms with van der Waals surface area (Å²) in [7, 11) is 1.66. The summed E-state index contributed by atoms with van der Waals surface area (Å²) in [5.41, 5.74) is 0. The maximum absolute atomic E-state index is 11.4. The molecule has 0 aliphatic carbocycles. The number of carboxylic acids is 1. The molecule has 0 rings (SSSR count). The second-order valence-electron chi connectivity index (χ2n) is 3.73. The van der Waals surface area contributed by atoms with E-state index in [-0.39, 0.29) is 19.0 Å². The molecule has 0 bridgehead atoms. The predicted octanol–water partition coefficient (Wildman–Crippen LogP) is 0.430. The molecule has 1 atom stereocenters. The highest BCUT2D eigenvalue weighted by molar-refractivity contribution is 5.74. The van der Waals surface area contributed by atoms with Crippen molar-refractivity contribution in [3.05, 3.63) is 12.7 Å². The fraction of sp³-hybridized carbons (Fsp3) is 0.636. The first-order valence-corrected chi connectivity index (χ1v) is 5.49. The first kappa shape index (κ1) is 15.4. The lowest BCUT2D eigenvalue weighted by Crippen LogP contribution is -2.39. The van der Waals surface area contributed by atoms with Gasteiger partial charge in [-0.15, -0.1) is 6.58 Å². The fourth-order valence-electron chi connectivity index (χ4n) is 1.15. The zero-order valence-electron chi connectivity index (χ0n) is 10.1. The van der Waals surface area contributed by atoms with Crippen LogP contribution in [0.25, 0.3) is 0 Å². The molecule has 3 N–H and O–H groups in total. The number of urea groups is 1. The van der Waals surface area contributed by atoms with Gasteiger partial charge in [-0.2, -0.15) is 0 Å². The average Bonchev–Trinajstić information content (AvgIpc) is 2.28. The van der Waals surface area contributed by atoms with Crippen LogP contribution >= 0.6 is 0 Å². The summed E-state index contributed by atoms with van der Waals surface area (Å²) >= 11 is 0. The number of allylic oxidation sites excluding steroid dienone is 1. The van der Waals surface area contributed by atoms with Crippen molar-refractivity contribution in [1.82, 2.24) is 10.2 Å². The smallest absolute Gasteiger partial charge is 0.332 e. The highest BCUT2D eigenvalue weighted by atomic mass is 16.4. The molecule has 0 spiro atoms. The van der Waals surface area contributed by atoms with E-state index >= 15 is 0 Å². The lowest BCUT2D eigenvalue weighted by atomic mass is 10.2. The highest BCUT2D eigenvalue weighted by Gasteiger charge is 2.13. The molecule has 0 saturated carbocycles. The third-order valence-electron chi connectivity index (χ3n) is 2.23. The summed E-state index contributed by atoms with van der Waals surface area (Å²) < 4.78 is 0. The minimum atomic E-state index is -1.43. The number of carboxylic acid groups (broad SMARTS) is 1. The first-order chi connectivity index (χ1) is 7.99. The number of rotatable bonds is 8. The first-order valence-electron chi connectivity index (χ1n) is 5.49. The Hall–Kier alpha value is -1.56. The number of amides is 2. The molecular weight excluding hydrogens is 224 g/mol. The molecule has 0 heterocycles. The SMILES string of the molecule is C=CCCCN(C)C(=O)NCCC(O)C(=O)O. The van der Waals surface area contributed by atoms with Gasteiger partial charge in [0.2, 0.25) is 0 Å². The predicted molar refractivity (Wildman–Crippen MR) is 63.7 cm³/mol. The van der Waals surface area contributed by atoms with Crippen LogP contribution in [-0.2, 0) is 4.79 Å². The largest absolute Gasteiger partial charge is 0.479 e. The number of aliphatic hydroxyl groups excluding tert-OH is 1. The summed E-state index contributed by atoms with van der Waals surface area (Å²) in [6.45, 7) is 4.33. The van der Waals surface area contributed by atoms with Gasteiger partial charge in [0.15, 0.2) is 6.10 Å². The Morgan fingerprint density at radius 3 is 2.71 bits per heavy atom. The quantitative estimate of drug-likeness (QED) is 0.426. The lowest BCUT2D eigenvalue weighted by Gasteiger charge is -2.17. The average molecular weight is 244 g/mol. The Labute approximate surface area is 101 Å². The topological polar surface area (TPSA) is 89.9 Å². The van der Waals surface area contributed by atoms with E-state index in [4.69, 9.17) is 10.2 Å². The van der Waals surface area contributed by atoms with Crippen molar-refractivity contribution in [2.45, 2.75) is 25.4 Å². The zero-order chi connectivity index (χ0) is 13.3. The van der Waals surface area contributed by atoms with Gasteiger partial charge in [0.25, 0.3) is 0 Å². The number of nitrogens with zero attached hydrogens (tertiary/aromatic N) is 1. The third-order valence-corrected chi connectivity index (χ3v) is 2.23. The van der Waals surface area contributed by atoms with Crippen LogP contribution < -0.4 is 5.32 Å². The molecule has 2 amide bonds. The van der Waals surface area contributed by atoms with E-state index < -0.39 is 12.1 Å². The molecule has 0 fully saturated rings. The van der Waals surface area contributed by atoms with Gasteiger partial charge in [0.05, 0.1) is 0 Å². The maximum atomic E-state index is 11.4. The zero-order valence-corrected chi connectivity index (χ0v) is 10.1. The summed E-state index contributed by atoms with van der Waals surface area (Å²) in [6.07, 6.45) is 2.04. The van der Waals surface area contributed by atoms with Crippen LogP contribution in [0.3, 0.4) is 0 Å². The van der Waals surface area contributed by atoms with Gasteiger partial charge in [-0.05, 0) is 12.8 Å². The number of carbonyl (C=O) groups is 2. The second-order valence-corrected chi connectivity index (χ2v) is 3.73.